The Hall–Kier alpha value is -2.51. The number of rotatable bonds is 5. The Kier molecular flexibility index (Phi) is 5.49. The Bertz CT molecular complexity index is 948. The predicted octanol–water partition coefficient (Wildman–Crippen LogP) is 5.15. The van der Waals surface area contributed by atoms with Crippen LogP contribution in [0.2, 0.25) is 5.02 Å². The molecule has 0 saturated heterocycles. The maximum absolute atomic E-state index is 13.8. The minimum atomic E-state index is -0.799. The molecule has 1 N–H and O–H groups in total. The number of hydrogen-bond acceptors (Lipinski definition) is 4. The third-order valence-electron chi connectivity index (χ3n) is 3.42. The summed E-state index contributed by atoms with van der Waals surface area (Å²) in [6.07, 6.45) is -0.799. The lowest BCUT2D eigenvalue weighted by Crippen LogP contribution is -2.30. The highest BCUT2D eigenvalue weighted by molar-refractivity contribution is 7.14. The number of carbonyl (C=O) groups is 1. The Morgan fingerprint density at radius 3 is 2.85 bits per heavy atom. The Morgan fingerprint density at radius 1 is 1.27 bits per heavy atom. The lowest BCUT2D eigenvalue weighted by Gasteiger charge is -2.13. The van der Waals surface area contributed by atoms with Crippen molar-refractivity contribution in [2.75, 3.05) is 5.32 Å². The van der Waals surface area contributed by atoms with Crippen LogP contribution in [0.5, 0.6) is 5.75 Å². The van der Waals surface area contributed by atoms with E-state index < -0.39 is 23.6 Å². The second-order valence-corrected chi connectivity index (χ2v) is 6.66. The Morgan fingerprint density at radius 2 is 2.08 bits per heavy atom. The van der Waals surface area contributed by atoms with Crippen molar-refractivity contribution in [3.63, 3.8) is 0 Å². The molecular formula is C18H13ClF2N2O2S. The fourth-order valence-electron chi connectivity index (χ4n) is 2.15. The van der Waals surface area contributed by atoms with Crippen LogP contribution in [0.4, 0.5) is 13.9 Å². The van der Waals surface area contributed by atoms with Gasteiger partial charge in [-0.2, -0.15) is 0 Å². The molecule has 4 nitrogen and oxygen atoms in total. The number of thiazole rings is 1. The normalized spacial score (nSPS) is 11.8. The minimum Gasteiger partial charge on any atom is -0.481 e. The zero-order valence-electron chi connectivity index (χ0n) is 13.5. The summed E-state index contributed by atoms with van der Waals surface area (Å²) in [5.74, 6) is -1.12. The van der Waals surface area contributed by atoms with Crippen LogP contribution in [0.3, 0.4) is 0 Å². The standard InChI is InChI=1S/C18H13ClF2N2O2S/c1-10(25-13-4-2-3-11(19)7-13)17(24)23-18-22-16(9-26-18)14-8-12(20)5-6-15(14)21/h2-10H,1H3,(H,22,23,24). The number of nitrogens with zero attached hydrogens (tertiary/aromatic N) is 1. The van der Waals surface area contributed by atoms with E-state index in [0.29, 0.717) is 10.8 Å². The number of hydrogen-bond donors (Lipinski definition) is 1. The fraction of sp³-hybridized carbons (Fsp3) is 0.111. The molecule has 0 bridgehead atoms. The van der Waals surface area contributed by atoms with Crippen molar-refractivity contribution in [3.8, 4) is 17.0 Å². The number of carbonyl (C=O) groups excluding carboxylic acids is 1. The molecule has 3 rings (SSSR count). The van der Waals surface area contributed by atoms with Crippen molar-refractivity contribution in [2.24, 2.45) is 0 Å². The first-order valence-corrected chi connectivity index (χ1v) is 8.82. The SMILES string of the molecule is CC(Oc1cccc(Cl)c1)C(=O)Nc1nc(-c2cc(F)ccc2F)cs1. The van der Waals surface area contributed by atoms with E-state index in [1.165, 1.54) is 5.38 Å². The first-order valence-electron chi connectivity index (χ1n) is 7.56. The zero-order chi connectivity index (χ0) is 18.7. The van der Waals surface area contributed by atoms with Crippen LogP contribution in [-0.2, 0) is 4.79 Å². The van der Waals surface area contributed by atoms with E-state index in [1.807, 2.05) is 0 Å². The number of benzene rings is 2. The van der Waals surface area contributed by atoms with Crippen molar-refractivity contribution < 1.29 is 18.3 Å². The van der Waals surface area contributed by atoms with Gasteiger partial charge in [0.1, 0.15) is 17.4 Å². The third-order valence-corrected chi connectivity index (χ3v) is 4.41. The summed E-state index contributed by atoms with van der Waals surface area (Å²) in [5.41, 5.74) is 0.274. The number of ether oxygens (including phenoxy) is 1. The Labute approximate surface area is 157 Å². The van der Waals surface area contributed by atoms with Gasteiger partial charge >= 0.3 is 0 Å². The van der Waals surface area contributed by atoms with Gasteiger partial charge in [0, 0.05) is 16.0 Å². The first kappa shape index (κ1) is 18.3. The molecule has 1 atom stereocenters. The van der Waals surface area contributed by atoms with Crippen LogP contribution < -0.4 is 10.1 Å². The number of nitrogens with one attached hydrogen (secondary N) is 1. The quantitative estimate of drug-likeness (QED) is 0.651. The van der Waals surface area contributed by atoms with Crippen molar-refractivity contribution in [3.05, 3.63) is 64.5 Å². The molecule has 0 aliphatic heterocycles. The van der Waals surface area contributed by atoms with E-state index >= 15 is 0 Å². The molecule has 0 aliphatic carbocycles. The van der Waals surface area contributed by atoms with Gasteiger partial charge < -0.3 is 4.74 Å². The summed E-state index contributed by atoms with van der Waals surface area (Å²) in [6.45, 7) is 1.58. The largest absolute Gasteiger partial charge is 0.481 e. The molecule has 0 fully saturated rings. The molecule has 0 saturated carbocycles. The second-order valence-electron chi connectivity index (χ2n) is 5.37. The molecule has 0 aliphatic rings. The van der Waals surface area contributed by atoms with Crippen LogP contribution in [0.25, 0.3) is 11.3 Å². The first-order chi connectivity index (χ1) is 12.4. The predicted molar refractivity (Wildman–Crippen MR) is 97.6 cm³/mol. The summed E-state index contributed by atoms with van der Waals surface area (Å²) >= 11 is 6.98. The van der Waals surface area contributed by atoms with Crippen molar-refractivity contribution in [2.45, 2.75) is 13.0 Å². The van der Waals surface area contributed by atoms with E-state index in [-0.39, 0.29) is 16.4 Å². The average molecular weight is 395 g/mol. The maximum Gasteiger partial charge on any atom is 0.266 e. The molecule has 0 spiro atoms. The molecule has 2 aromatic carbocycles. The van der Waals surface area contributed by atoms with Gasteiger partial charge in [0.2, 0.25) is 0 Å². The molecule has 8 heteroatoms. The van der Waals surface area contributed by atoms with Crippen LogP contribution in [0.1, 0.15) is 6.92 Å². The number of amides is 1. The van der Waals surface area contributed by atoms with Crippen molar-refractivity contribution in [1.29, 1.82) is 0 Å². The molecule has 3 aromatic rings. The van der Waals surface area contributed by atoms with E-state index in [4.69, 9.17) is 16.3 Å². The van der Waals surface area contributed by atoms with Gasteiger partial charge in [-0.05, 0) is 43.3 Å². The van der Waals surface area contributed by atoms with Crippen LogP contribution >= 0.6 is 22.9 Å². The third kappa shape index (κ3) is 4.36. The molecular weight excluding hydrogens is 382 g/mol. The van der Waals surface area contributed by atoms with E-state index in [2.05, 4.69) is 10.3 Å². The van der Waals surface area contributed by atoms with Gasteiger partial charge in [0.15, 0.2) is 11.2 Å². The Balaban J connectivity index is 1.68. The molecule has 134 valence electrons. The van der Waals surface area contributed by atoms with Gasteiger partial charge in [-0.1, -0.05) is 17.7 Å². The van der Waals surface area contributed by atoms with Gasteiger partial charge in [0.25, 0.3) is 5.91 Å². The number of anilines is 1. The van der Waals surface area contributed by atoms with Crippen molar-refractivity contribution >= 4 is 34.0 Å². The summed E-state index contributed by atoms with van der Waals surface area (Å²) in [7, 11) is 0. The minimum absolute atomic E-state index is 0.0324. The van der Waals surface area contributed by atoms with Crippen molar-refractivity contribution in [1.82, 2.24) is 4.98 Å². The van der Waals surface area contributed by atoms with Gasteiger partial charge in [-0.15, -0.1) is 11.3 Å². The number of halogens is 3. The van der Waals surface area contributed by atoms with E-state index in [0.717, 1.165) is 29.5 Å². The summed E-state index contributed by atoms with van der Waals surface area (Å²) in [5, 5.41) is 4.89. The lowest BCUT2D eigenvalue weighted by atomic mass is 10.1. The summed E-state index contributed by atoms with van der Waals surface area (Å²) in [6, 6.07) is 9.81. The molecule has 0 radical (unpaired) electrons. The fourth-order valence-corrected chi connectivity index (χ4v) is 3.05. The highest BCUT2D eigenvalue weighted by Gasteiger charge is 2.18. The molecule has 1 amide bonds. The van der Waals surface area contributed by atoms with Gasteiger partial charge in [-0.3, -0.25) is 10.1 Å². The highest BCUT2D eigenvalue weighted by atomic mass is 35.5. The van der Waals surface area contributed by atoms with Crippen LogP contribution in [0, 0.1) is 11.6 Å². The smallest absolute Gasteiger partial charge is 0.266 e. The zero-order valence-corrected chi connectivity index (χ0v) is 15.1. The molecule has 1 unspecified atom stereocenters. The maximum atomic E-state index is 13.8. The van der Waals surface area contributed by atoms with Crippen LogP contribution in [-0.4, -0.2) is 17.0 Å². The average Bonchev–Trinajstić information content (AvgIpc) is 3.05. The van der Waals surface area contributed by atoms with E-state index in [1.54, 1.807) is 31.2 Å². The summed E-state index contributed by atoms with van der Waals surface area (Å²) in [4.78, 5) is 16.4. The van der Waals surface area contributed by atoms with Gasteiger partial charge in [0.05, 0.1) is 5.69 Å². The number of aromatic nitrogens is 1. The topological polar surface area (TPSA) is 51.2 Å². The highest BCUT2D eigenvalue weighted by Crippen LogP contribution is 2.28. The molecule has 1 heterocycles. The second kappa shape index (κ2) is 7.80. The lowest BCUT2D eigenvalue weighted by molar-refractivity contribution is -0.122. The summed E-state index contributed by atoms with van der Waals surface area (Å²) < 4.78 is 32.6. The van der Waals surface area contributed by atoms with E-state index in [9.17, 15) is 13.6 Å². The van der Waals surface area contributed by atoms with Gasteiger partial charge in [-0.25, -0.2) is 13.8 Å². The monoisotopic (exact) mass is 394 g/mol. The molecule has 26 heavy (non-hydrogen) atoms. The molecule has 1 aromatic heterocycles. The van der Waals surface area contributed by atoms with Crippen LogP contribution in [0.15, 0.2) is 47.8 Å².